The molecule has 0 fully saturated rings. The van der Waals surface area contributed by atoms with Gasteiger partial charge in [-0.3, -0.25) is 9.59 Å². The van der Waals surface area contributed by atoms with E-state index < -0.39 is 5.97 Å². The van der Waals surface area contributed by atoms with E-state index in [-0.39, 0.29) is 23.7 Å². The molecule has 0 saturated carbocycles. The topological polar surface area (TPSA) is 83.5 Å². The molecule has 1 aliphatic rings. The Hall–Kier alpha value is -3.21. The fraction of sp³-hybridized carbons (Fsp3) is 0.105. The van der Waals surface area contributed by atoms with E-state index in [0.29, 0.717) is 28.0 Å². The molecule has 0 spiro atoms. The minimum absolute atomic E-state index is 0.136. The maximum atomic E-state index is 12.6. The normalized spacial score (nSPS) is 13.7. The lowest BCUT2D eigenvalue weighted by Gasteiger charge is -2.19. The standard InChI is InChI=1S/C19H15NO4/c1-11-16(10-20-13-8-6-12(7-9-13)19(23)24)18(22)15-5-3-2-4-14(15)17(11)21/h2-9,20H,10H2,1H3,(H,23,24). The molecule has 0 aromatic heterocycles. The summed E-state index contributed by atoms with van der Waals surface area (Å²) in [6.45, 7) is 1.86. The molecular weight excluding hydrogens is 306 g/mol. The van der Waals surface area contributed by atoms with Crippen molar-refractivity contribution in [2.45, 2.75) is 6.92 Å². The van der Waals surface area contributed by atoms with Gasteiger partial charge >= 0.3 is 5.97 Å². The van der Waals surface area contributed by atoms with E-state index >= 15 is 0 Å². The number of benzene rings is 2. The molecule has 0 bridgehead atoms. The van der Waals surface area contributed by atoms with Crippen LogP contribution < -0.4 is 5.32 Å². The van der Waals surface area contributed by atoms with Gasteiger partial charge in [-0.2, -0.15) is 0 Å². The smallest absolute Gasteiger partial charge is 0.335 e. The van der Waals surface area contributed by atoms with Crippen molar-refractivity contribution in [2.24, 2.45) is 0 Å². The van der Waals surface area contributed by atoms with Gasteiger partial charge in [0, 0.05) is 34.5 Å². The summed E-state index contributed by atoms with van der Waals surface area (Å²) in [6, 6.07) is 13.0. The SMILES string of the molecule is CC1=C(CNc2ccc(C(=O)O)cc2)C(=O)c2ccccc2C1=O. The molecular formula is C19H15NO4. The summed E-state index contributed by atoms with van der Waals surface area (Å²) in [7, 11) is 0. The summed E-state index contributed by atoms with van der Waals surface area (Å²) in [5, 5.41) is 12.0. The van der Waals surface area contributed by atoms with Gasteiger partial charge in [-0.05, 0) is 31.2 Å². The van der Waals surface area contributed by atoms with Crippen molar-refractivity contribution in [2.75, 3.05) is 11.9 Å². The van der Waals surface area contributed by atoms with E-state index in [1.807, 2.05) is 0 Å². The molecule has 0 radical (unpaired) electrons. The molecule has 5 heteroatoms. The van der Waals surface area contributed by atoms with Crippen molar-refractivity contribution in [3.63, 3.8) is 0 Å². The van der Waals surface area contributed by atoms with E-state index in [9.17, 15) is 14.4 Å². The minimum Gasteiger partial charge on any atom is -0.478 e. The van der Waals surface area contributed by atoms with Gasteiger partial charge in [-0.15, -0.1) is 0 Å². The minimum atomic E-state index is -0.996. The summed E-state index contributed by atoms with van der Waals surface area (Å²) in [4.78, 5) is 35.9. The molecule has 24 heavy (non-hydrogen) atoms. The summed E-state index contributed by atoms with van der Waals surface area (Å²) >= 11 is 0. The van der Waals surface area contributed by atoms with E-state index in [4.69, 9.17) is 5.11 Å². The van der Waals surface area contributed by atoms with E-state index in [1.54, 1.807) is 43.3 Å². The number of nitrogens with one attached hydrogen (secondary N) is 1. The molecule has 0 aliphatic heterocycles. The number of carboxylic acids is 1. The Morgan fingerprint density at radius 2 is 1.54 bits per heavy atom. The van der Waals surface area contributed by atoms with Gasteiger partial charge in [0.15, 0.2) is 11.6 Å². The Morgan fingerprint density at radius 1 is 0.958 bits per heavy atom. The number of fused-ring (bicyclic) bond motifs is 1. The maximum absolute atomic E-state index is 12.6. The predicted octanol–water partition coefficient (Wildman–Crippen LogP) is 3.19. The highest BCUT2D eigenvalue weighted by Crippen LogP contribution is 2.26. The van der Waals surface area contributed by atoms with Gasteiger partial charge < -0.3 is 10.4 Å². The zero-order valence-corrected chi connectivity index (χ0v) is 13.0. The summed E-state index contributed by atoms with van der Waals surface area (Å²) in [5.41, 5.74) is 2.60. The molecule has 120 valence electrons. The van der Waals surface area contributed by atoms with Crippen LogP contribution in [0.5, 0.6) is 0 Å². The molecule has 0 heterocycles. The second-order valence-corrected chi connectivity index (χ2v) is 5.54. The van der Waals surface area contributed by atoms with Crippen LogP contribution in [0.15, 0.2) is 59.7 Å². The number of hydrogen-bond acceptors (Lipinski definition) is 4. The van der Waals surface area contributed by atoms with Crippen LogP contribution >= 0.6 is 0 Å². The predicted molar refractivity (Wildman–Crippen MR) is 89.7 cm³/mol. The second kappa shape index (κ2) is 6.12. The van der Waals surface area contributed by atoms with Crippen LogP contribution in [-0.4, -0.2) is 29.2 Å². The molecule has 0 saturated heterocycles. The number of ketones is 2. The van der Waals surface area contributed by atoms with Crippen LogP contribution in [0.2, 0.25) is 0 Å². The molecule has 0 amide bonds. The van der Waals surface area contributed by atoms with E-state index in [0.717, 1.165) is 0 Å². The average Bonchev–Trinajstić information content (AvgIpc) is 2.60. The van der Waals surface area contributed by atoms with Crippen LogP contribution in [0.25, 0.3) is 0 Å². The maximum Gasteiger partial charge on any atom is 0.335 e. The van der Waals surface area contributed by atoms with Crippen LogP contribution in [-0.2, 0) is 0 Å². The molecule has 1 aliphatic carbocycles. The Bertz CT molecular complexity index is 878. The van der Waals surface area contributed by atoms with Crippen molar-refractivity contribution < 1.29 is 19.5 Å². The van der Waals surface area contributed by atoms with Crippen molar-refractivity contribution in [1.82, 2.24) is 0 Å². The third-order valence-corrected chi connectivity index (χ3v) is 4.08. The third-order valence-electron chi connectivity index (χ3n) is 4.08. The molecule has 2 aromatic rings. The van der Waals surface area contributed by atoms with Crippen molar-refractivity contribution in [1.29, 1.82) is 0 Å². The lowest BCUT2D eigenvalue weighted by molar-refractivity contribution is 0.0696. The highest BCUT2D eigenvalue weighted by atomic mass is 16.4. The first-order valence-electron chi connectivity index (χ1n) is 7.44. The third kappa shape index (κ3) is 2.72. The number of aromatic carboxylic acids is 1. The van der Waals surface area contributed by atoms with Crippen LogP contribution in [0.3, 0.4) is 0 Å². The summed E-state index contributed by atoms with van der Waals surface area (Å²) in [5.74, 6) is -1.29. The van der Waals surface area contributed by atoms with Gasteiger partial charge in [0.25, 0.3) is 0 Å². The van der Waals surface area contributed by atoms with Crippen LogP contribution in [0.4, 0.5) is 5.69 Å². The van der Waals surface area contributed by atoms with Gasteiger partial charge in [0.05, 0.1) is 5.56 Å². The van der Waals surface area contributed by atoms with Gasteiger partial charge in [-0.25, -0.2) is 4.79 Å². The first-order chi connectivity index (χ1) is 11.5. The van der Waals surface area contributed by atoms with Crippen molar-refractivity contribution in [3.8, 4) is 0 Å². The largest absolute Gasteiger partial charge is 0.478 e. The number of carbonyl (C=O) groups excluding carboxylic acids is 2. The number of hydrogen-bond donors (Lipinski definition) is 2. The molecule has 0 atom stereocenters. The zero-order valence-electron chi connectivity index (χ0n) is 13.0. The number of carbonyl (C=O) groups is 3. The summed E-state index contributed by atoms with van der Waals surface area (Å²) < 4.78 is 0. The van der Waals surface area contributed by atoms with Crippen LogP contribution in [0.1, 0.15) is 38.0 Å². The van der Waals surface area contributed by atoms with Crippen molar-refractivity contribution >= 4 is 23.2 Å². The Morgan fingerprint density at radius 3 is 2.12 bits per heavy atom. The van der Waals surface area contributed by atoms with E-state index in [2.05, 4.69) is 5.32 Å². The lowest BCUT2D eigenvalue weighted by Crippen LogP contribution is -2.25. The van der Waals surface area contributed by atoms with E-state index in [1.165, 1.54) is 12.1 Å². The number of rotatable bonds is 4. The lowest BCUT2D eigenvalue weighted by atomic mass is 9.84. The zero-order chi connectivity index (χ0) is 17.3. The van der Waals surface area contributed by atoms with Gasteiger partial charge in [-0.1, -0.05) is 24.3 Å². The number of Topliss-reactive ketones (excluding diaryl/α,β-unsaturated/α-hetero) is 2. The fourth-order valence-electron chi connectivity index (χ4n) is 2.68. The quantitative estimate of drug-likeness (QED) is 0.903. The first-order valence-corrected chi connectivity index (χ1v) is 7.44. The molecule has 3 rings (SSSR count). The van der Waals surface area contributed by atoms with Crippen LogP contribution in [0, 0.1) is 0 Å². The molecule has 5 nitrogen and oxygen atoms in total. The molecule has 2 N–H and O–H groups in total. The Balaban J connectivity index is 1.82. The highest BCUT2D eigenvalue weighted by molar-refractivity contribution is 6.27. The number of anilines is 1. The van der Waals surface area contributed by atoms with Crippen molar-refractivity contribution in [3.05, 3.63) is 76.4 Å². The second-order valence-electron chi connectivity index (χ2n) is 5.54. The summed E-state index contributed by atoms with van der Waals surface area (Å²) in [6.07, 6.45) is 0. The Kier molecular flexibility index (Phi) is 4.00. The Labute approximate surface area is 138 Å². The monoisotopic (exact) mass is 321 g/mol. The highest BCUT2D eigenvalue weighted by Gasteiger charge is 2.29. The fourth-order valence-corrected chi connectivity index (χ4v) is 2.68. The van der Waals surface area contributed by atoms with Gasteiger partial charge in [0.2, 0.25) is 0 Å². The molecule has 0 unspecified atom stereocenters. The average molecular weight is 321 g/mol. The number of allylic oxidation sites excluding steroid dienone is 1. The van der Waals surface area contributed by atoms with Gasteiger partial charge in [0.1, 0.15) is 0 Å². The number of carboxylic acid groups (broad SMARTS) is 1. The molecule has 2 aromatic carbocycles. The first kappa shape index (κ1) is 15.7.